The van der Waals surface area contributed by atoms with E-state index < -0.39 is 30.2 Å². The Hall–Kier alpha value is -4.13. The van der Waals surface area contributed by atoms with Gasteiger partial charge >= 0.3 is 6.09 Å². The molecule has 3 aromatic carbocycles. The summed E-state index contributed by atoms with van der Waals surface area (Å²) in [6.45, 7) is 2.36. The summed E-state index contributed by atoms with van der Waals surface area (Å²) in [7, 11) is 1.72. The number of nitrogens with one attached hydrogen (secondary N) is 1. The van der Waals surface area contributed by atoms with Crippen LogP contribution in [0.1, 0.15) is 60.3 Å². The van der Waals surface area contributed by atoms with E-state index in [2.05, 4.69) is 10.2 Å². The van der Waals surface area contributed by atoms with Gasteiger partial charge in [-0.1, -0.05) is 66.7 Å². The summed E-state index contributed by atoms with van der Waals surface area (Å²) < 4.78 is 23.8. The van der Waals surface area contributed by atoms with E-state index in [9.17, 15) is 19.5 Å². The Labute approximate surface area is 274 Å². The largest absolute Gasteiger partial charge is 0.445 e. The first-order valence-electron chi connectivity index (χ1n) is 16.1. The minimum atomic E-state index is -1.03. The molecule has 248 valence electrons. The zero-order valence-electron chi connectivity index (χ0n) is 26.5. The van der Waals surface area contributed by atoms with Crippen LogP contribution < -0.4 is 10.2 Å². The van der Waals surface area contributed by atoms with Gasteiger partial charge in [-0.3, -0.25) is 14.5 Å². The van der Waals surface area contributed by atoms with E-state index in [1.807, 2.05) is 60.7 Å². The lowest BCUT2D eigenvalue weighted by Gasteiger charge is -2.39. The fourth-order valence-electron chi connectivity index (χ4n) is 6.54. The highest BCUT2D eigenvalue weighted by molar-refractivity contribution is 6.22. The molecule has 5 atom stereocenters. The SMILES string of the molecule is COCC1CCCN1CC1CC(c2ccc(CO)cc2)OC(c2cccc(N3C(=O)CC(NC(=O)OCc4ccccc4)C3=O)c2)O1. The minimum Gasteiger partial charge on any atom is -0.445 e. The molecule has 2 N–H and O–H groups in total. The lowest BCUT2D eigenvalue weighted by Crippen LogP contribution is -2.42. The Balaban J connectivity index is 1.17. The Kier molecular flexibility index (Phi) is 10.6. The number of rotatable bonds is 11. The number of aliphatic hydroxyl groups is 1. The Morgan fingerprint density at radius 1 is 0.979 bits per heavy atom. The van der Waals surface area contributed by atoms with E-state index in [1.54, 1.807) is 25.3 Å². The number of hydrogen-bond acceptors (Lipinski definition) is 9. The van der Waals surface area contributed by atoms with Crippen molar-refractivity contribution < 1.29 is 38.4 Å². The topological polar surface area (TPSA) is 127 Å². The maximum absolute atomic E-state index is 13.4. The zero-order valence-corrected chi connectivity index (χ0v) is 26.5. The number of hydrogen-bond donors (Lipinski definition) is 2. The van der Waals surface area contributed by atoms with Gasteiger partial charge in [0.25, 0.3) is 5.91 Å². The molecule has 0 aromatic heterocycles. The van der Waals surface area contributed by atoms with Crippen LogP contribution >= 0.6 is 0 Å². The first-order chi connectivity index (χ1) is 22.9. The van der Waals surface area contributed by atoms with Crippen LogP contribution in [-0.4, -0.2) is 72.9 Å². The number of alkyl carbamates (subject to hydrolysis) is 1. The summed E-state index contributed by atoms with van der Waals surface area (Å²) >= 11 is 0. The summed E-state index contributed by atoms with van der Waals surface area (Å²) in [5.74, 6) is -0.962. The molecule has 0 aliphatic carbocycles. The number of ether oxygens (including phenoxy) is 4. The van der Waals surface area contributed by atoms with Crippen molar-refractivity contribution in [3.05, 3.63) is 101 Å². The maximum atomic E-state index is 13.4. The van der Waals surface area contributed by atoms with Crippen LogP contribution in [0.2, 0.25) is 0 Å². The Morgan fingerprint density at radius 2 is 1.79 bits per heavy atom. The van der Waals surface area contributed by atoms with Crippen LogP contribution in [0.3, 0.4) is 0 Å². The molecule has 11 heteroatoms. The van der Waals surface area contributed by atoms with Gasteiger partial charge in [-0.15, -0.1) is 0 Å². The average molecular weight is 644 g/mol. The fraction of sp³-hybridized carbons (Fsp3) is 0.417. The zero-order chi connectivity index (χ0) is 32.8. The summed E-state index contributed by atoms with van der Waals surface area (Å²) in [6.07, 6.45) is 0.699. The van der Waals surface area contributed by atoms with Crippen molar-refractivity contribution in [2.24, 2.45) is 0 Å². The monoisotopic (exact) mass is 643 g/mol. The van der Waals surface area contributed by atoms with Gasteiger partial charge in [0.05, 0.1) is 37.5 Å². The highest BCUT2D eigenvalue weighted by Crippen LogP contribution is 2.40. The molecule has 3 aromatic rings. The number of methoxy groups -OCH3 is 1. The van der Waals surface area contributed by atoms with E-state index in [0.717, 1.165) is 47.5 Å². The molecule has 3 heterocycles. The molecule has 0 spiro atoms. The molecule has 3 saturated heterocycles. The molecule has 47 heavy (non-hydrogen) atoms. The molecule has 5 unspecified atom stereocenters. The van der Waals surface area contributed by atoms with Crippen molar-refractivity contribution >= 4 is 23.6 Å². The third kappa shape index (κ3) is 7.89. The molecule has 3 fully saturated rings. The molecule has 11 nitrogen and oxygen atoms in total. The van der Waals surface area contributed by atoms with Gasteiger partial charge in [0.15, 0.2) is 6.29 Å². The smallest absolute Gasteiger partial charge is 0.408 e. The van der Waals surface area contributed by atoms with Gasteiger partial charge in [-0.2, -0.15) is 0 Å². The molecule has 6 rings (SSSR count). The van der Waals surface area contributed by atoms with Crippen molar-refractivity contribution in [2.75, 3.05) is 31.7 Å². The van der Waals surface area contributed by atoms with Crippen molar-refractivity contribution in [1.29, 1.82) is 0 Å². The molecule has 3 amide bonds. The predicted octanol–water partition coefficient (Wildman–Crippen LogP) is 4.39. The number of carbonyl (C=O) groups excluding carboxylic acids is 3. The first kappa shape index (κ1) is 32.8. The second-order valence-corrected chi connectivity index (χ2v) is 12.2. The molecule has 0 radical (unpaired) electrons. The first-order valence-corrected chi connectivity index (χ1v) is 16.1. The second kappa shape index (κ2) is 15.2. The van der Waals surface area contributed by atoms with E-state index in [1.165, 1.54) is 0 Å². The number of anilines is 1. The normalized spacial score (nSPS) is 24.9. The molecular formula is C36H41N3O8. The van der Waals surface area contributed by atoms with E-state index in [0.29, 0.717) is 30.3 Å². The van der Waals surface area contributed by atoms with E-state index in [4.69, 9.17) is 18.9 Å². The van der Waals surface area contributed by atoms with Crippen molar-refractivity contribution in [3.8, 4) is 0 Å². The van der Waals surface area contributed by atoms with Gasteiger partial charge in [0.2, 0.25) is 5.91 Å². The van der Waals surface area contributed by atoms with Crippen LogP contribution in [0.25, 0.3) is 0 Å². The molecular weight excluding hydrogens is 602 g/mol. The molecule has 3 aliphatic heterocycles. The standard InChI is InChI=1S/C36H41N3O8/c1-44-23-29-11-6-16-38(29)20-30-18-32(26-14-12-24(21-40)13-15-26)47-35(46-30)27-9-5-10-28(17-27)39-33(41)19-31(34(39)42)37-36(43)45-22-25-7-3-2-4-8-25/h2-5,7-10,12-15,17,29-32,35,40H,6,11,16,18-23H2,1H3,(H,37,43). The number of likely N-dealkylation sites (tertiary alicyclic amines) is 1. The number of benzene rings is 3. The Bertz CT molecular complexity index is 1530. The third-order valence-corrected chi connectivity index (χ3v) is 8.96. The molecule has 3 aliphatic rings. The number of carbonyl (C=O) groups is 3. The van der Waals surface area contributed by atoms with E-state index in [-0.39, 0.29) is 31.8 Å². The molecule has 0 bridgehead atoms. The van der Waals surface area contributed by atoms with Crippen molar-refractivity contribution in [1.82, 2.24) is 10.2 Å². The van der Waals surface area contributed by atoms with Crippen LogP contribution in [0, 0.1) is 0 Å². The van der Waals surface area contributed by atoms with Crippen LogP contribution in [0.4, 0.5) is 10.5 Å². The predicted molar refractivity (Wildman–Crippen MR) is 172 cm³/mol. The van der Waals surface area contributed by atoms with Crippen LogP contribution in [-0.2, 0) is 41.8 Å². The van der Waals surface area contributed by atoms with Gasteiger partial charge in [-0.25, -0.2) is 9.69 Å². The van der Waals surface area contributed by atoms with Crippen molar-refractivity contribution in [3.63, 3.8) is 0 Å². The fourth-order valence-corrected chi connectivity index (χ4v) is 6.54. The summed E-state index contributed by atoms with van der Waals surface area (Å²) in [5.41, 5.74) is 3.64. The van der Waals surface area contributed by atoms with E-state index >= 15 is 0 Å². The second-order valence-electron chi connectivity index (χ2n) is 12.2. The Morgan fingerprint density at radius 3 is 2.55 bits per heavy atom. The van der Waals surface area contributed by atoms with Gasteiger partial charge in [-0.05, 0) is 48.2 Å². The quantitative estimate of drug-likeness (QED) is 0.293. The highest BCUT2D eigenvalue weighted by Gasteiger charge is 2.41. The maximum Gasteiger partial charge on any atom is 0.408 e. The minimum absolute atomic E-state index is 0.0397. The number of nitrogens with zero attached hydrogens (tertiary/aromatic N) is 2. The van der Waals surface area contributed by atoms with Crippen molar-refractivity contribution in [2.45, 2.75) is 69.5 Å². The molecule has 0 saturated carbocycles. The van der Waals surface area contributed by atoms with Crippen LogP contribution in [0.15, 0.2) is 78.9 Å². The number of aliphatic hydroxyl groups excluding tert-OH is 1. The van der Waals surface area contributed by atoms with Gasteiger partial charge in [0, 0.05) is 31.7 Å². The van der Waals surface area contributed by atoms with Gasteiger partial charge < -0.3 is 29.4 Å². The number of imide groups is 1. The summed E-state index contributed by atoms with van der Waals surface area (Å²) in [6, 6.07) is 23.2. The van der Waals surface area contributed by atoms with Gasteiger partial charge in [0.1, 0.15) is 12.6 Å². The summed E-state index contributed by atoms with van der Waals surface area (Å²) in [5, 5.41) is 12.1. The lowest BCUT2D eigenvalue weighted by molar-refractivity contribution is -0.253. The average Bonchev–Trinajstić information content (AvgIpc) is 3.65. The number of amides is 3. The summed E-state index contributed by atoms with van der Waals surface area (Å²) in [4.78, 5) is 42.4. The lowest BCUT2D eigenvalue weighted by atomic mass is 9.99. The third-order valence-electron chi connectivity index (χ3n) is 8.96. The highest BCUT2D eigenvalue weighted by atomic mass is 16.7. The van der Waals surface area contributed by atoms with Crippen LogP contribution in [0.5, 0.6) is 0 Å².